The topological polar surface area (TPSA) is 127 Å². The summed E-state index contributed by atoms with van der Waals surface area (Å²) in [4.78, 5) is 42.1. The summed E-state index contributed by atoms with van der Waals surface area (Å²) in [5.41, 5.74) is 2.05. The molecule has 0 atom stereocenters. The van der Waals surface area contributed by atoms with Gasteiger partial charge < -0.3 is 23.4 Å². The molecule has 2 fully saturated rings. The zero-order valence-corrected chi connectivity index (χ0v) is 20.4. The third-order valence-corrected chi connectivity index (χ3v) is 6.72. The number of carbonyl (C=O) groups excluding carboxylic acids is 2. The third-order valence-electron chi connectivity index (χ3n) is 5.91. The molecule has 0 saturated carbocycles. The van der Waals surface area contributed by atoms with Crippen molar-refractivity contribution in [3.8, 4) is 5.88 Å². The SMILES string of the molecule is O=C1NC(=O)/C(=C/c2cc(OCc3ccco3)nc(N3CCCN(c4nc5ccccc5o4)CC3)n2)S1. The molecule has 2 saturated heterocycles. The minimum atomic E-state index is -0.447. The monoisotopic (exact) mass is 518 g/mol. The molecule has 1 N–H and O–H groups in total. The Balaban J connectivity index is 1.25. The van der Waals surface area contributed by atoms with Gasteiger partial charge in [-0.2, -0.15) is 9.97 Å². The van der Waals surface area contributed by atoms with E-state index in [1.54, 1.807) is 24.5 Å². The van der Waals surface area contributed by atoms with Crippen molar-refractivity contribution < 1.29 is 23.2 Å². The Bertz CT molecular complexity index is 1450. The Morgan fingerprint density at radius 1 is 1.03 bits per heavy atom. The number of ether oxygens (including phenoxy) is 1. The number of amides is 2. The number of furan rings is 1. The van der Waals surface area contributed by atoms with Crippen LogP contribution < -0.4 is 19.9 Å². The summed E-state index contributed by atoms with van der Waals surface area (Å²) < 4.78 is 17.2. The second-order valence-electron chi connectivity index (χ2n) is 8.44. The average Bonchev–Trinajstić information content (AvgIpc) is 3.59. The third kappa shape index (κ3) is 5.14. The van der Waals surface area contributed by atoms with Crippen LogP contribution in [0.15, 0.2) is 62.5 Å². The van der Waals surface area contributed by atoms with E-state index in [0.717, 1.165) is 35.8 Å². The quantitative estimate of drug-likeness (QED) is 0.374. The van der Waals surface area contributed by atoms with Crippen molar-refractivity contribution in [1.82, 2.24) is 20.3 Å². The van der Waals surface area contributed by atoms with Gasteiger partial charge in [-0.3, -0.25) is 14.9 Å². The Hall–Kier alpha value is -4.32. The predicted octanol–water partition coefficient (Wildman–Crippen LogP) is 3.83. The Morgan fingerprint density at radius 2 is 1.89 bits per heavy atom. The van der Waals surface area contributed by atoms with E-state index in [1.807, 2.05) is 30.3 Å². The van der Waals surface area contributed by atoms with Crippen molar-refractivity contribution in [3.63, 3.8) is 0 Å². The van der Waals surface area contributed by atoms with Crippen LogP contribution in [0.4, 0.5) is 16.8 Å². The maximum absolute atomic E-state index is 12.1. The minimum absolute atomic E-state index is 0.193. The number of benzene rings is 1. The summed E-state index contributed by atoms with van der Waals surface area (Å²) in [6.07, 6.45) is 3.98. The van der Waals surface area contributed by atoms with Gasteiger partial charge >= 0.3 is 0 Å². The van der Waals surface area contributed by atoms with Crippen molar-refractivity contribution in [3.05, 3.63) is 65.1 Å². The van der Waals surface area contributed by atoms with E-state index in [2.05, 4.69) is 30.1 Å². The van der Waals surface area contributed by atoms with Gasteiger partial charge in [0.25, 0.3) is 17.2 Å². The molecule has 0 bridgehead atoms. The molecule has 0 spiro atoms. The number of thioether (sulfide) groups is 1. The minimum Gasteiger partial charge on any atom is -0.469 e. The number of para-hydroxylation sites is 2. The second kappa shape index (κ2) is 9.97. The highest BCUT2D eigenvalue weighted by Gasteiger charge is 2.26. The summed E-state index contributed by atoms with van der Waals surface area (Å²) in [6.45, 7) is 2.97. The molecule has 2 aliphatic rings. The van der Waals surface area contributed by atoms with Gasteiger partial charge in [0.05, 0.1) is 16.9 Å². The molecular formula is C25H22N6O5S. The number of aromatic nitrogens is 3. The van der Waals surface area contributed by atoms with Crippen LogP contribution in [0.5, 0.6) is 5.88 Å². The molecule has 5 heterocycles. The van der Waals surface area contributed by atoms with E-state index in [4.69, 9.17) is 13.6 Å². The summed E-state index contributed by atoms with van der Waals surface area (Å²) in [6, 6.07) is 13.5. The normalized spacial score (nSPS) is 17.5. The average molecular weight is 519 g/mol. The molecule has 1 aromatic carbocycles. The highest BCUT2D eigenvalue weighted by Crippen LogP contribution is 2.28. The molecule has 2 aliphatic heterocycles. The molecular weight excluding hydrogens is 496 g/mol. The number of hydrogen-bond donors (Lipinski definition) is 1. The number of hydrogen-bond acceptors (Lipinski definition) is 11. The number of imide groups is 1. The van der Waals surface area contributed by atoms with Crippen molar-refractivity contribution in [1.29, 1.82) is 0 Å². The van der Waals surface area contributed by atoms with E-state index in [-0.39, 0.29) is 11.5 Å². The largest absolute Gasteiger partial charge is 0.469 e. The van der Waals surface area contributed by atoms with Gasteiger partial charge in [0.1, 0.15) is 17.9 Å². The van der Waals surface area contributed by atoms with Crippen LogP contribution in [0, 0.1) is 0 Å². The second-order valence-corrected chi connectivity index (χ2v) is 9.46. The van der Waals surface area contributed by atoms with Crippen LogP contribution in [-0.4, -0.2) is 52.3 Å². The molecule has 2 amide bonds. The molecule has 0 radical (unpaired) electrons. The maximum atomic E-state index is 12.1. The summed E-state index contributed by atoms with van der Waals surface area (Å²) in [5.74, 6) is 1.01. The van der Waals surface area contributed by atoms with Gasteiger partial charge in [-0.15, -0.1) is 0 Å². The highest BCUT2D eigenvalue weighted by atomic mass is 32.2. The van der Waals surface area contributed by atoms with E-state index < -0.39 is 11.1 Å². The fraction of sp³-hybridized carbons (Fsp3) is 0.240. The number of oxazole rings is 1. The highest BCUT2D eigenvalue weighted by molar-refractivity contribution is 8.18. The Labute approximate surface area is 215 Å². The molecule has 3 aromatic heterocycles. The van der Waals surface area contributed by atoms with E-state index in [9.17, 15) is 9.59 Å². The number of nitrogens with zero attached hydrogens (tertiary/aromatic N) is 5. The van der Waals surface area contributed by atoms with Crippen LogP contribution in [0.3, 0.4) is 0 Å². The molecule has 11 nitrogen and oxygen atoms in total. The zero-order valence-electron chi connectivity index (χ0n) is 19.6. The first kappa shape index (κ1) is 23.1. The summed E-state index contributed by atoms with van der Waals surface area (Å²) in [5, 5.41) is 1.85. The number of carbonyl (C=O) groups is 2. The van der Waals surface area contributed by atoms with Crippen LogP contribution in [-0.2, 0) is 11.4 Å². The fourth-order valence-corrected chi connectivity index (χ4v) is 4.79. The first-order valence-corrected chi connectivity index (χ1v) is 12.6. The standard InChI is InChI=1S/C25H22N6O5S/c32-22-20(37-25(33)29-22)13-16-14-21(35-15-17-5-3-12-34-17)28-23(26-16)30-8-4-9-31(11-10-30)24-27-18-6-1-2-7-19(18)36-24/h1-3,5-7,12-14H,4,8-11,15H2,(H,29,32,33)/b20-13-. The fourth-order valence-electron chi connectivity index (χ4n) is 4.12. The summed E-state index contributed by atoms with van der Waals surface area (Å²) in [7, 11) is 0. The van der Waals surface area contributed by atoms with E-state index in [1.165, 1.54) is 0 Å². The predicted molar refractivity (Wildman–Crippen MR) is 137 cm³/mol. The molecule has 37 heavy (non-hydrogen) atoms. The van der Waals surface area contributed by atoms with Gasteiger partial charge in [-0.25, -0.2) is 4.98 Å². The van der Waals surface area contributed by atoms with Gasteiger partial charge in [0.2, 0.25) is 11.8 Å². The molecule has 0 aliphatic carbocycles. The Morgan fingerprint density at radius 3 is 2.70 bits per heavy atom. The zero-order chi connectivity index (χ0) is 25.2. The lowest BCUT2D eigenvalue weighted by molar-refractivity contribution is -0.115. The van der Waals surface area contributed by atoms with Gasteiger partial charge in [0.15, 0.2) is 5.58 Å². The number of nitrogens with one attached hydrogen (secondary N) is 1. The Kier molecular flexibility index (Phi) is 6.23. The van der Waals surface area contributed by atoms with E-state index in [0.29, 0.717) is 48.9 Å². The lowest BCUT2D eigenvalue weighted by Gasteiger charge is -2.22. The maximum Gasteiger partial charge on any atom is 0.298 e. The lowest BCUT2D eigenvalue weighted by Crippen LogP contribution is -2.32. The van der Waals surface area contributed by atoms with E-state index >= 15 is 0 Å². The smallest absolute Gasteiger partial charge is 0.298 e. The van der Waals surface area contributed by atoms with Crippen molar-refractivity contribution in [2.45, 2.75) is 13.0 Å². The number of fused-ring (bicyclic) bond motifs is 1. The van der Waals surface area contributed by atoms with Gasteiger partial charge in [-0.1, -0.05) is 12.1 Å². The van der Waals surface area contributed by atoms with Crippen molar-refractivity contribution >= 4 is 52.0 Å². The van der Waals surface area contributed by atoms with Gasteiger partial charge in [0, 0.05) is 32.2 Å². The van der Waals surface area contributed by atoms with Crippen LogP contribution in [0.2, 0.25) is 0 Å². The summed E-state index contributed by atoms with van der Waals surface area (Å²) >= 11 is 0.838. The first-order chi connectivity index (χ1) is 18.1. The first-order valence-electron chi connectivity index (χ1n) is 11.8. The molecule has 188 valence electrons. The van der Waals surface area contributed by atoms with Crippen molar-refractivity contribution in [2.75, 3.05) is 36.0 Å². The van der Waals surface area contributed by atoms with Crippen molar-refractivity contribution in [2.24, 2.45) is 0 Å². The molecule has 6 rings (SSSR count). The number of anilines is 2. The molecule has 0 unspecified atom stereocenters. The number of rotatable bonds is 6. The molecule has 4 aromatic rings. The van der Waals surface area contributed by atoms with Gasteiger partial charge in [-0.05, 0) is 48.5 Å². The molecule has 12 heteroatoms. The lowest BCUT2D eigenvalue weighted by atomic mass is 10.3. The van der Waals surface area contributed by atoms with Crippen LogP contribution in [0.1, 0.15) is 17.9 Å². The van der Waals surface area contributed by atoms with Crippen LogP contribution in [0.25, 0.3) is 17.2 Å². The van der Waals surface area contributed by atoms with Crippen LogP contribution >= 0.6 is 11.8 Å².